The summed E-state index contributed by atoms with van der Waals surface area (Å²) in [4.78, 5) is 0. The lowest BCUT2D eigenvalue weighted by atomic mass is 9.81. The maximum atomic E-state index is 12.5. The predicted octanol–water partition coefficient (Wildman–Crippen LogP) is 2.29. The second-order valence-electron chi connectivity index (χ2n) is 3.76. The number of hydrogen-bond acceptors (Lipinski definition) is 2. The first-order chi connectivity index (χ1) is 6.48. The Hall–Kier alpha value is -0.710. The van der Waals surface area contributed by atoms with Gasteiger partial charge in [-0.15, -0.1) is 10.2 Å². The quantitative estimate of drug-likeness (QED) is 0.767. The smallest absolute Gasteiger partial charge is 0.248 e. The van der Waals surface area contributed by atoms with E-state index in [9.17, 15) is 8.78 Å². The van der Waals surface area contributed by atoms with Crippen molar-refractivity contribution < 1.29 is 8.78 Å². The molecule has 1 saturated carbocycles. The molecule has 0 bridgehead atoms. The Morgan fingerprint density at radius 3 is 2.57 bits per heavy atom. The van der Waals surface area contributed by atoms with Crippen molar-refractivity contribution >= 4 is 11.6 Å². The lowest BCUT2D eigenvalue weighted by Gasteiger charge is -2.35. The fraction of sp³-hybridized carbons (Fsp3) is 0.750. The lowest BCUT2D eigenvalue weighted by molar-refractivity contribution is -0.114. The van der Waals surface area contributed by atoms with Crippen LogP contribution in [0.15, 0.2) is 0 Å². The van der Waals surface area contributed by atoms with Crippen molar-refractivity contribution in [3.63, 3.8) is 0 Å². The zero-order valence-electron chi connectivity index (χ0n) is 7.67. The molecule has 14 heavy (non-hydrogen) atoms. The molecule has 0 N–H and O–H groups in total. The Balaban J connectivity index is 1.99. The number of halogens is 3. The number of aromatic nitrogens is 3. The fourth-order valence-electron chi connectivity index (χ4n) is 1.73. The summed E-state index contributed by atoms with van der Waals surface area (Å²) in [6.45, 7) is 2.25. The van der Waals surface area contributed by atoms with Gasteiger partial charge >= 0.3 is 0 Å². The van der Waals surface area contributed by atoms with E-state index in [-0.39, 0.29) is 24.0 Å². The molecule has 3 nitrogen and oxygen atoms in total. The highest BCUT2D eigenvalue weighted by molar-refractivity contribution is 6.28. The molecule has 0 aromatic carbocycles. The molecular formula is C8H10ClF2N3. The van der Waals surface area contributed by atoms with Gasteiger partial charge in [0.1, 0.15) is 5.82 Å². The van der Waals surface area contributed by atoms with E-state index in [1.54, 1.807) is 11.5 Å². The molecule has 0 unspecified atom stereocenters. The summed E-state index contributed by atoms with van der Waals surface area (Å²) in [5.74, 6) is -1.80. The Morgan fingerprint density at radius 2 is 2.14 bits per heavy atom. The van der Waals surface area contributed by atoms with E-state index in [4.69, 9.17) is 11.6 Å². The topological polar surface area (TPSA) is 30.7 Å². The third-order valence-corrected chi connectivity index (χ3v) is 2.79. The van der Waals surface area contributed by atoms with Gasteiger partial charge in [-0.1, -0.05) is 0 Å². The average molecular weight is 222 g/mol. The standard InChI is InChI=1S/C8H10ClF2N3/c1-5-12-13-7(9)14(5)4-6-2-8(10,11)3-6/h6H,2-4H2,1H3. The molecular weight excluding hydrogens is 212 g/mol. The van der Waals surface area contributed by atoms with Gasteiger partial charge in [-0.2, -0.15) is 0 Å². The first-order valence-corrected chi connectivity index (χ1v) is 4.79. The number of nitrogens with zero attached hydrogens (tertiary/aromatic N) is 3. The third-order valence-electron chi connectivity index (χ3n) is 2.51. The van der Waals surface area contributed by atoms with Crippen molar-refractivity contribution in [3.05, 3.63) is 11.1 Å². The minimum Gasteiger partial charge on any atom is -0.302 e. The summed E-state index contributed by atoms with van der Waals surface area (Å²) >= 11 is 5.74. The average Bonchev–Trinajstić information content (AvgIpc) is 2.32. The van der Waals surface area contributed by atoms with Crippen LogP contribution < -0.4 is 0 Å². The van der Waals surface area contributed by atoms with Crippen LogP contribution in [0, 0.1) is 12.8 Å². The predicted molar refractivity (Wildman–Crippen MR) is 47.4 cm³/mol. The first-order valence-electron chi connectivity index (χ1n) is 4.41. The number of hydrogen-bond donors (Lipinski definition) is 0. The summed E-state index contributed by atoms with van der Waals surface area (Å²) in [5.41, 5.74) is 0. The maximum Gasteiger partial charge on any atom is 0.248 e. The largest absolute Gasteiger partial charge is 0.302 e. The summed E-state index contributed by atoms with van der Waals surface area (Å²) < 4.78 is 26.8. The second-order valence-corrected chi connectivity index (χ2v) is 4.10. The highest BCUT2D eigenvalue weighted by Crippen LogP contribution is 2.43. The second kappa shape index (κ2) is 3.15. The molecule has 1 aliphatic carbocycles. The summed E-state index contributed by atoms with van der Waals surface area (Å²) in [5, 5.41) is 7.69. The molecule has 0 spiro atoms. The van der Waals surface area contributed by atoms with Crippen molar-refractivity contribution in [3.8, 4) is 0 Å². The van der Waals surface area contributed by atoms with Gasteiger partial charge in [-0.3, -0.25) is 0 Å². The SMILES string of the molecule is Cc1nnc(Cl)n1CC1CC(F)(F)C1. The van der Waals surface area contributed by atoms with Crippen molar-refractivity contribution in [2.75, 3.05) is 0 Å². The van der Waals surface area contributed by atoms with E-state index in [1.165, 1.54) is 0 Å². The molecule has 1 fully saturated rings. The molecule has 0 radical (unpaired) electrons. The van der Waals surface area contributed by atoms with Crippen LogP contribution in [0.1, 0.15) is 18.7 Å². The van der Waals surface area contributed by atoms with Crippen LogP contribution in [0.4, 0.5) is 8.78 Å². The van der Waals surface area contributed by atoms with Gasteiger partial charge in [-0.05, 0) is 24.4 Å². The molecule has 78 valence electrons. The van der Waals surface area contributed by atoms with E-state index >= 15 is 0 Å². The fourth-order valence-corrected chi connectivity index (χ4v) is 1.96. The number of alkyl halides is 2. The zero-order chi connectivity index (χ0) is 10.3. The summed E-state index contributed by atoms with van der Waals surface area (Å²) in [6.07, 6.45) is -0.109. The van der Waals surface area contributed by atoms with Gasteiger partial charge in [0.25, 0.3) is 0 Å². The molecule has 6 heteroatoms. The molecule has 1 heterocycles. The van der Waals surface area contributed by atoms with Crippen LogP contribution in [0.25, 0.3) is 0 Å². The van der Waals surface area contributed by atoms with Crippen LogP contribution in [0.2, 0.25) is 5.28 Å². The van der Waals surface area contributed by atoms with E-state index in [1.807, 2.05) is 0 Å². The van der Waals surface area contributed by atoms with Crippen LogP contribution in [0.5, 0.6) is 0 Å². The molecule has 1 aliphatic rings. The van der Waals surface area contributed by atoms with Gasteiger partial charge in [0, 0.05) is 19.4 Å². The van der Waals surface area contributed by atoms with Crippen LogP contribution >= 0.6 is 11.6 Å². The zero-order valence-corrected chi connectivity index (χ0v) is 8.43. The monoisotopic (exact) mass is 221 g/mol. The van der Waals surface area contributed by atoms with Gasteiger partial charge in [0.2, 0.25) is 11.2 Å². The van der Waals surface area contributed by atoms with E-state index in [0.29, 0.717) is 12.4 Å². The van der Waals surface area contributed by atoms with Crippen LogP contribution in [-0.4, -0.2) is 20.7 Å². The summed E-state index contributed by atoms with van der Waals surface area (Å²) in [7, 11) is 0. The molecule has 0 amide bonds. The normalized spacial score (nSPS) is 20.9. The Bertz CT molecular complexity index is 323. The molecule has 0 aliphatic heterocycles. The highest BCUT2D eigenvalue weighted by Gasteiger charge is 2.45. The Labute approximate surface area is 85.1 Å². The van der Waals surface area contributed by atoms with Crippen LogP contribution in [-0.2, 0) is 6.54 Å². The Kier molecular flexibility index (Phi) is 2.21. The Morgan fingerprint density at radius 1 is 1.50 bits per heavy atom. The van der Waals surface area contributed by atoms with Gasteiger partial charge < -0.3 is 4.57 Å². The third kappa shape index (κ3) is 1.73. The van der Waals surface area contributed by atoms with Crippen molar-refractivity contribution in [2.24, 2.45) is 5.92 Å². The van der Waals surface area contributed by atoms with Crippen LogP contribution in [0.3, 0.4) is 0 Å². The van der Waals surface area contributed by atoms with E-state index < -0.39 is 5.92 Å². The molecule has 0 atom stereocenters. The number of rotatable bonds is 2. The molecule has 0 saturated heterocycles. The van der Waals surface area contributed by atoms with Crippen molar-refractivity contribution in [1.82, 2.24) is 14.8 Å². The van der Waals surface area contributed by atoms with Crippen molar-refractivity contribution in [2.45, 2.75) is 32.2 Å². The highest BCUT2D eigenvalue weighted by atomic mass is 35.5. The van der Waals surface area contributed by atoms with Crippen molar-refractivity contribution in [1.29, 1.82) is 0 Å². The minimum absolute atomic E-state index is 0.00259. The van der Waals surface area contributed by atoms with Gasteiger partial charge in [-0.25, -0.2) is 8.78 Å². The molecule has 2 rings (SSSR count). The van der Waals surface area contributed by atoms with Gasteiger partial charge in [0.15, 0.2) is 0 Å². The lowest BCUT2D eigenvalue weighted by Crippen LogP contribution is -2.37. The summed E-state index contributed by atoms with van der Waals surface area (Å²) in [6, 6.07) is 0. The van der Waals surface area contributed by atoms with Gasteiger partial charge in [0.05, 0.1) is 0 Å². The van der Waals surface area contributed by atoms with E-state index in [2.05, 4.69) is 10.2 Å². The maximum absolute atomic E-state index is 12.5. The minimum atomic E-state index is -2.47. The first kappa shape index (κ1) is 9.83. The molecule has 1 aromatic rings. The molecule has 1 aromatic heterocycles. The van der Waals surface area contributed by atoms with E-state index in [0.717, 1.165) is 0 Å². The number of aryl methyl sites for hydroxylation is 1.